The van der Waals surface area contributed by atoms with Gasteiger partial charge in [0.2, 0.25) is 0 Å². The summed E-state index contributed by atoms with van der Waals surface area (Å²) in [6.45, 7) is 6.73. The first-order chi connectivity index (χ1) is 7.75. The second kappa shape index (κ2) is 5.01. The third-order valence-corrected chi connectivity index (χ3v) is 2.67. The molecule has 3 nitrogen and oxygen atoms in total. The van der Waals surface area contributed by atoms with Crippen LogP contribution in [0.3, 0.4) is 0 Å². The normalized spacial score (nSPS) is 14.5. The molecule has 0 aliphatic carbocycles. The molecule has 0 atom stereocenters. The van der Waals surface area contributed by atoms with Gasteiger partial charge in [-0.05, 0) is 25.5 Å². The van der Waals surface area contributed by atoms with Crippen molar-refractivity contribution in [2.75, 3.05) is 19.7 Å². The maximum absolute atomic E-state index is 5.73. The molecule has 0 spiro atoms. The first-order valence-corrected chi connectivity index (χ1v) is 5.73. The highest BCUT2D eigenvalue weighted by atomic mass is 16.5. The van der Waals surface area contributed by atoms with Crippen molar-refractivity contribution in [3.05, 3.63) is 29.3 Å². The zero-order chi connectivity index (χ0) is 11.4. The lowest BCUT2D eigenvalue weighted by atomic mass is 10.1. The van der Waals surface area contributed by atoms with Gasteiger partial charge in [0, 0.05) is 13.0 Å². The van der Waals surface area contributed by atoms with E-state index in [4.69, 9.17) is 4.74 Å². The van der Waals surface area contributed by atoms with Crippen molar-refractivity contribution >= 4 is 5.84 Å². The molecule has 0 aromatic heterocycles. The van der Waals surface area contributed by atoms with Gasteiger partial charge in [-0.25, -0.2) is 0 Å². The second-order valence-electron chi connectivity index (χ2n) is 4.12. The van der Waals surface area contributed by atoms with Crippen LogP contribution >= 0.6 is 0 Å². The van der Waals surface area contributed by atoms with Crippen molar-refractivity contribution < 1.29 is 4.74 Å². The molecule has 0 unspecified atom stereocenters. The minimum Gasteiger partial charge on any atom is -0.493 e. The first-order valence-electron chi connectivity index (χ1n) is 5.73. The van der Waals surface area contributed by atoms with Crippen molar-refractivity contribution in [2.24, 2.45) is 4.99 Å². The third-order valence-electron chi connectivity index (χ3n) is 2.67. The Morgan fingerprint density at radius 1 is 1.38 bits per heavy atom. The summed E-state index contributed by atoms with van der Waals surface area (Å²) in [7, 11) is 0. The zero-order valence-electron chi connectivity index (χ0n) is 9.92. The Morgan fingerprint density at radius 3 is 2.94 bits per heavy atom. The van der Waals surface area contributed by atoms with Crippen LogP contribution in [0.2, 0.25) is 0 Å². The SMILES string of the molecule is Cc1ccc(OCCC2=NCCN2)c(C)c1. The molecule has 86 valence electrons. The van der Waals surface area contributed by atoms with Crippen LogP contribution < -0.4 is 10.1 Å². The number of aliphatic imine (C=N–C) groups is 1. The molecule has 16 heavy (non-hydrogen) atoms. The number of ether oxygens (including phenoxy) is 1. The van der Waals surface area contributed by atoms with E-state index in [1.165, 1.54) is 11.1 Å². The van der Waals surface area contributed by atoms with Crippen molar-refractivity contribution in [1.82, 2.24) is 5.32 Å². The van der Waals surface area contributed by atoms with Gasteiger partial charge >= 0.3 is 0 Å². The zero-order valence-corrected chi connectivity index (χ0v) is 9.92. The van der Waals surface area contributed by atoms with Crippen LogP contribution in [0.5, 0.6) is 5.75 Å². The third kappa shape index (κ3) is 2.75. The van der Waals surface area contributed by atoms with E-state index in [9.17, 15) is 0 Å². The lowest BCUT2D eigenvalue weighted by molar-refractivity contribution is 0.326. The highest BCUT2D eigenvalue weighted by Gasteiger charge is 2.05. The summed E-state index contributed by atoms with van der Waals surface area (Å²) in [4.78, 5) is 4.33. The molecule has 3 heteroatoms. The molecule has 2 rings (SSSR count). The van der Waals surface area contributed by atoms with Crippen LogP contribution in [-0.4, -0.2) is 25.5 Å². The highest BCUT2D eigenvalue weighted by Crippen LogP contribution is 2.18. The average Bonchev–Trinajstić information content (AvgIpc) is 2.74. The van der Waals surface area contributed by atoms with Crippen LogP contribution in [0.4, 0.5) is 0 Å². The monoisotopic (exact) mass is 218 g/mol. The number of aryl methyl sites for hydroxylation is 2. The molecular weight excluding hydrogens is 200 g/mol. The minimum atomic E-state index is 0.690. The van der Waals surface area contributed by atoms with E-state index in [1.54, 1.807) is 0 Å². The van der Waals surface area contributed by atoms with Gasteiger partial charge in [0.15, 0.2) is 0 Å². The Bertz CT molecular complexity index is 399. The van der Waals surface area contributed by atoms with Gasteiger partial charge in [0.25, 0.3) is 0 Å². The van der Waals surface area contributed by atoms with Gasteiger partial charge in [-0.15, -0.1) is 0 Å². The quantitative estimate of drug-likeness (QED) is 0.839. The fourth-order valence-corrected chi connectivity index (χ4v) is 1.83. The molecule has 0 bridgehead atoms. The highest BCUT2D eigenvalue weighted by molar-refractivity contribution is 5.83. The number of benzene rings is 1. The van der Waals surface area contributed by atoms with E-state index in [0.717, 1.165) is 31.1 Å². The largest absolute Gasteiger partial charge is 0.493 e. The number of nitrogens with zero attached hydrogens (tertiary/aromatic N) is 1. The molecule has 1 aliphatic rings. The van der Waals surface area contributed by atoms with Crippen molar-refractivity contribution in [2.45, 2.75) is 20.3 Å². The lowest BCUT2D eigenvalue weighted by Gasteiger charge is -2.09. The van der Waals surface area contributed by atoms with Gasteiger partial charge in [-0.2, -0.15) is 0 Å². The summed E-state index contributed by atoms with van der Waals surface area (Å²) in [6, 6.07) is 6.25. The summed E-state index contributed by atoms with van der Waals surface area (Å²) in [6.07, 6.45) is 0.868. The predicted octanol–water partition coefficient (Wildman–Crippen LogP) is 2.07. The van der Waals surface area contributed by atoms with Gasteiger partial charge in [0.05, 0.1) is 19.0 Å². The maximum atomic E-state index is 5.73. The van der Waals surface area contributed by atoms with E-state index in [0.29, 0.717) is 6.61 Å². The van der Waals surface area contributed by atoms with Gasteiger partial charge in [-0.3, -0.25) is 4.99 Å². The molecule has 0 saturated heterocycles. The lowest BCUT2D eigenvalue weighted by Crippen LogP contribution is -2.20. The number of hydrogen-bond donors (Lipinski definition) is 1. The first kappa shape index (κ1) is 11.0. The van der Waals surface area contributed by atoms with Crippen molar-refractivity contribution in [3.8, 4) is 5.75 Å². The van der Waals surface area contributed by atoms with Gasteiger partial charge in [-0.1, -0.05) is 17.7 Å². The van der Waals surface area contributed by atoms with Crippen LogP contribution in [0, 0.1) is 13.8 Å². The van der Waals surface area contributed by atoms with E-state index in [2.05, 4.69) is 36.3 Å². The fourth-order valence-electron chi connectivity index (χ4n) is 1.83. The molecular formula is C13H18N2O. The fraction of sp³-hybridized carbons (Fsp3) is 0.462. The summed E-state index contributed by atoms with van der Waals surface area (Å²) < 4.78 is 5.73. The molecule has 1 N–H and O–H groups in total. The molecule has 0 fully saturated rings. The molecule has 1 aromatic carbocycles. The van der Waals surface area contributed by atoms with Crippen LogP contribution in [-0.2, 0) is 0 Å². The number of amidine groups is 1. The Balaban J connectivity index is 1.84. The van der Waals surface area contributed by atoms with E-state index in [1.807, 2.05) is 6.07 Å². The van der Waals surface area contributed by atoms with Crippen molar-refractivity contribution in [1.29, 1.82) is 0 Å². The van der Waals surface area contributed by atoms with Crippen LogP contribution in [0.1, 0.15) is 17.5 Å². The molecule has 1 aromatic rings. The summed E-state index contributed by atoms with van der Waals surface area (Å²) in [5, 5.41) is 3.24. The second-order valence-corrected chi connectivity index (χ2v) is 4.12. The topological polar surface area (TPSA) is 33.6 Å². The summed E-state index contributed by atoms with van der Waals surface area (Å²) >= 11 is 0. The Morgan fingerprint density at radius 2 is 2.25 bits per heavy atom. The average molecular weight is 218 g/mol. The maximum Gasteiger partial charge on any atom is 0.122 e. The Kier molecular flexibility index (Phi) is 3.44. The van der Waals surface area contributed by atoms with Crippen LogP contribution in [0.25, 0.3) is 0 Å². The van der Waals surface area contributed by atoms with E-state index in [-0.39, 0.29) is 0 Å². The standard InChI is InChI=1S/C13H18N2O/c1-10-3-4-12(11(2)9-10)16-8-5-13-14-6-7-15-13/h3-4,9H,5-8H2,1-2H3,(H,14,15). The molecule has 0 amide bonds. The number of hydrogen-bond acceptors (Lipinski definition) is 3. The Hall–Kier alpha value is -1.51. The molecule has 1 heterocycles. The number of rotatable bonds is 4. The summed E-state index contributed by atoms with van der Waals surface area (Å²) in [5.41, 5.74) is 2.47. The van der Waals surface area contributed by atoms with Gasteiger partial charge in [0.1, 0.15) is 5.75 Å². The number of nitrogens with one attached hydrogen (secondary N) is 1. The van der Waals surface area contributed by atoms with Gasteiger partial charge < -0.3 is 10.1 Å². The Labute approximate surface area is 96.5 Å². The molecule has 0 saturated carbocycles. The van der Waals surface area contributed by atoms with Crippen LogP contribution in [0.15, 0.2) is 23.2 Å². The minimum absolute atomic E-state index is 0.690. The van der Waals surface area contributed by atoms with E-state index < -0.39 is 0 Å². The van der Waals surface area contributed by atoms with E-state index >= 15 is 0 Å². The summed E-state index contributed by atoms with van der Waals surface area (Å²) in [5.74, 6) is 2.05. The smallest absolute Gasteiger partial charge is 0.122 e. The van der Waals surface area contributed by atoms with Crippen molar-refractivity contribution in [3.63, 3.8) is 0 Å². The molecule has 1 aliphatic heterocycles. The predicted molar refractivity (Wildman–Crippen MR) is 66.3 cm³/mol. The molecule has 0 radical (unpaired) electrons.